The summed E-state index contributed by atoms with van der Waals surface area (Å²) in [5.41, 5.74) is 5.84. The van der Waals surface area contributed by atoms with Gasteiger partial charge in [0.25, 0.3) is 0 Å². The fraction of sp³-hybridized carbons (Fsp3) is 0.500. The number of hydrogen-bond donors (Lipinski definition) is 2. The van der Waals surface area contributed by atoms with Gasteiger partial charge in [-0.05, 0) is 18.8 Å². The van der Waals surface area contributed by atoms with Crippen LogP contribution >= 0.6 is 0 Å². The number of carboxylic acid groups (broad SMARTS) is 1. The zero-order valence-electron chi connectivity index (χ0n) is 11.6. The van der Waals surface area contributed by atoms with E-state index in [9.17, 15) is 4.79 Å². The van der Waals surface area contributed by atoms with Gasteiger partial charge >= 0.3 is 5.97 Å². The number of methoxy groups -OCH3 is 1. The molecule has 0 aromatic heterocycles. The highest BCUT2D eigenvalue weighted by molar-refractivity contribution is 5.94. The third-order valence-corrected chi connectivity index (χ3v) is 2.75. The van der Waals surface area contributed by atoms with Crippen molar-refractivity contribution >= 4 is 11.7 Å². The Kier molecular flexibility index (Phi) is 5.48. The van der Waals surface area contributed by atoms with Crippen LogP contribution in [0.15, 0.2) is 12.1 Å². The van der Waals surface area contributed by atoms with Gasteiger partial charge in [0, 0.05) is 12.1 Å². The minimum Gasteiger partial charge on any atom is -0.493 e. The van der Waals surface area contributed by atoms with E-state index in [1.165, 1.54) is 19.2 Å². The largest absolute Gasteiger partial charge is 0.493 e. The number of aromatic carboxylic acids is 1. The summed E-state index contributed by atoms with van der Waals surface area (Å²) in [6, 6.07) is 2.88. The first-order chi connectivity index (χ1) is 8.95. The van der Waals surface area contributed by atoms with Crippen molar-refractivity contribution in [3.63, 3.8) is 0 Å². The zero-order valence-corrected chi connectivity index (χ0v) is 11.6. The van der Waals surface area contributed by atoms with Crippen molar-refractivity contribution in [2.75, 3.05) is 19.5 Å². The van der Waals surface area contributed by atoms with Crippen LogP contribution in [0.5, 0.6) is 11.5 Å². The Balaban J connectivity index is 2.80. The molecule has 3 N–H and O–H groups in total. The number of carbonyl (C=O) groups is 1. The maximum Gasteiger partial charge on any atom is 0.337 e. The van der Waals surface area contributed by atoms with Crippen LogP contribution in [-0.2, 0) is 0 Å². The van der Waals surface area contributed by atoms with Crippen molar-refractivity contribution in [3.8, 4) is 11.5 Å². The van der Waals surface area contributed by atoms with E-state index in [2.05, 4.69) is 13.8 Å². The molecule has 0 saturated heterocycles. The zero-order chi connectivity index (χ0) is 14.4. The van der Waals surface area contributed by atoms with Crippen LogP contribution < -0.4 is 15.2 Å². The number of carboxylic acids is 1. The van der Waals surface area contributed by atoms with Gasteiger partial charge in [-0.1, -0.05) is 13.8 Å². The molecule has 0 heterocycles. The summed E-state index contributed by atoms with van der Waals surface area (Å²) in [6.45, 7) is 4.82. The molecule has 0 aliphatic heterocycles. The lowest BCUT2D eigenvalue weighted by molar-refractivity contribution is 0.0697. The van der Waals surface area contributed by atoms with Crippen LogP contribution in [0.4, 0.5) is 5.69 Å². The second kappa shape index (κ2) is 6.87. The Hall–Kier alpha value is -1.91. The average molecular weight is 267 g/mol. The topological polar surface area (TPSA) is 81.8 Å². The maximum atomic E-state index is 11.0. The van der Waals surface area contributed by atoms with Crippen molar-refractivity contribution in [3.05, 3.63) is 17.7 Å². The molecule has 5 heteroatoms. The van der Waals surface area contributed by atoms with E-state index in [1.54, 1.807) is 0 Å². The summed E-state index contributed by atoms with van der Waals surface area (Å²) >= 11 is 0. The van der Waals surface area contributed by atoms with Gasteiger partial charge in [0.2, 0.25) is 0 Å². The predicted octanol–water partition coefficient (Wildman–Crippen LogP) is 2.79. The minimum atomic E-state index is -1.08. The van der Waals surface area contributed by atoms with Gasteiger partial charge in [-0.15, -0.1) is 0 Å². The predicted molar refractivity (Wildman–Crippen MR) is 73.9 cm³/mol. The van der Waals surface area contributed by atoms with Crippen LogP contribution in [0.2, 0.25) is 0 Å². The van der Waals surface area contributed by atoms with Crippen LogP contribution in [0.25, 0.3) is 0 Å². The smallest absolute Gasteiger partial charge is 0.337 e. The van der Waals surface area contributed by atoms with E-state index in [0.29, 0.717) is 24.0 Å². The molecule has 0 aliphatic rings. The summed E-state index contributed by atoms with van der Waals surface area (Å²) in [5, 5.41) is 9.02. The summed E-state index contributed by atoms with van der Waals surface area (Å²) in [7, 11) is 1.50. The molecule has 0 fully saturated rings. The van der Waals surface area contributed by atoms with Gasteiger partial charge in [-0.25, -0.2) is 4.79 Å². The van der Waals surface area contributed by atoms with Gasteiger partial charge in [0.05, 0.1) is 25.0 Å². The molecule has 0 aliphatic carbocycles. The quantitative estimate of drug-likeness (QED) is 0.586. The van der Waals surface area contributed by atoms with Gasteiger partial charge in [-0.2, -0.15) is 0 Å². The van der Waals surface area contributed by atoms with E-state index in [0.717, 1.165) is 12.8 Å². The second-order valence-corrected chi connectivity index (χ2v) is 4.78. The van der Waals surface area contributed by atoms with Gasteiger partial charge in [0.1, 0.15) is 0 Å². The number of rotatable bonds is 7. The highest BCUT2D eigenvalue weighted by Crippen LogP contribution is 2.32. The standard InChI is InChI=1S/C14H21NO4/c1-9(2)5-4-6-19-13-7-10(14(16)17)11(15)8-12(13)18-3/h7-9H,4-6,15H2,1-3H3,(H,16,17). The molecule has 0 bridgehead atoms. The van der Waals surface area contributed by atoms with E-state index >= 15 is 0 Å². The molecular formula is C14H21NO4. The summed E-state index contributed by atoms with van der Waals surface area (Å²) in [4.78, 5) is 11.0. The van der Waals surface area contributed by atoms with Gasteiger partial charge in [0.15, 0.2) is 11.5 Å². The molecule has 0 saturated carbocycles. The summed E-state index contributed by atoms with van der Waals surface area (Å²) < 4.78 is 10.7. The molecule has 0 atom stereocenters. The Morgan fingerprint density at radius 2 is 2.05 bits per heavy atom. The average Bonchev–Trinajstić information content (AvgIpc) is 2.34. The fourth-order valence-corrected chi connectivity index (χ4v) is 1.71. The molecule has 1 rings (SSSR count). The fourth-order valence-electron chi connectivity index (χ4n) is 1.71. The third-order valence-electron chi connectivity index (χ3n) is 2.75. The Morgan fingerprint density at radius 1 is 1.37 bits per heavy atom. The molecule has 5 nitrogen and oxygen atoms in total. The summed E-state index contributed by atoms with van der Waals surface area (Å²) in [6.07, 6.45) is 1.97. The molecule has 1 aromatic rings. The lowest BCUT2D eigenvalue weighted by Crippen LogP contribution is -2.06. The van der Waals surface area contributed by atoms with Crippen LogP contribution in [0.3, 0.4) is 0 Å². The molecule has 19 heavy (non-hydrogen) atoms. The first-order valence-electron chi connectivity index (χ1n) is 6.29. The van der Waals surface area contributed by atoms with Crippen LogP contribution in [0, 0.1) is 5.92 Å². The Bertz CT molecular complexity index is 443. The third kappa shape index (κ3) is 4.35. The SMILES string of the molecule is COc1cc(N)c(C(=O)O)cc1OCCCC(C)C. The van der Waals surface area contributed by atoms with Crippen molar-refractivity contribution in [2.24, 2.45) is 5.92 Å². The second-order valence-electron chi connectivity index (χ2n) is 4.78. The molecule has 1 aromatic carbocycles. The molecule has 0 radical (unpaired) electrons. The number of anilines is 1. The molecule has 0 amide bonds. The van der Waals surface area contributed by atoms with Crippen molar-refractivity contribution in [2.45, 2.75) is 26.7 Å². The van der Waals surface area contributed by atoms with E-state index in [4.69, 9.17) is 20.3 Å². The van der Waals surface area contributed by atoms with Crippen molar-refractivity contribution in [1.82, 2.24) is 0 Å². The van der Waals surface area contributed by atoms with Crippen LogP contribution in [-0.4, -0.2) is 24.8 Å². The maximum absolute atomic E-state index is 11.0. The first-order valence-corrected chi connectivity index (χ1v) is 6.29. The molecule has 0 unspecified atom stereocenters. The molecular weight excluding hydrogens is 246 g/mol. The normalized spacial score (nSPS) is 10.5. The lowest BCUT2D eigenvalue weighted by Gasteiger charge is -2.13. The number of ether oxygens (including phenoxy) is 2. The van der Waals surface area contributed by atoms with E-state index < -0.39 is 5.97 Å². The summed E-state index contributed by atoms with van der Waals surface area (Å²) in [5.74, 6) is 0.406. The molecule has 0 spiro atoms. The monoisotopic (exact) mass is 267 g/mol. The highest BCUT2D eigenvalue weighted by Gasteiger charge is 2.14. The minimum absolute atomic E-state index is 0.0275. The number of nitrogen functional groups attached to an aromatic ring is 1. The first kappa shape index (κ1) is 15.1. The highest BCUT2D eigenvalue weighted by atomic mass is 16.5. The number of nitrogens with two attached hydrogens (primary N) is 1. The van der Waals surface area contributed by atoms with Gasteiger partial charge < -0.3 is 20.3 Å². The Morgan fingerprint density at radius 3 is 2.58 bits per heavy atom. The lowest BCUT2D eigenvalue weighted by atomic mass is 10.1. The number of hydrogen-bond acceptors (Lipinski definition) is 4. The van der Waals surface area contributed by atoms with E-state index in [-0.39, 0.29) is 11.3 Å². The Labute approximate surface area is 113 Å². The van der Waals surface area contributed by atoms with Crippen molar-refractivity contribution in [1.29, 1.82) is 0 Å². The number of benzene rings is 1. The molecule has 106 valence electrons. The van der Waals surface area contributed by atoms with E-state index in [1.807, 2.05) is 0 Å². The van der Waals surface area contributed by atoms with Gasteiger partial charge in [-0.3, -0.25) is 0 Å². The van der Waals surface area contributed by atoms with Crippen molar-refractivity contribution < 1.29 is 19.4 Å². The van der Waals surface area contributed by atoms with Crippen LogP contribution in [0.1, 0.15) is 37.0 Å².